The number of aliphatic hydroxyl groups excluding tert-OH is 1. The molecule has 1 N–H and O–H groups in total. The Morgan fingerprint density at radius 3 is 2.93 bits per heavy atom. The lowest BCUT2D eigenvalue weighted by Gasteiger charge is -2.36. The predicted molar refractivity (Wildman–Crippen MR) is 53.0 cm³/mol. The molecule has 2 amide bonds. The van der Waals surface area contributed by atoms with E-state index >= 15 is 0 Å². The summed E-state index contributed by atoms with van der Waals surface area (Å²) in [7, 11) is 0. The number of aliphatic hydroxyl groups is 1. The molecule has 5 heteroatoms. The number of amides is 2. The van der Waals surface area contributed by atoms with Crippen LogP contribution >= 0.6 is 0 Å². The molecule has 5 nitrogen and oxygen atoms in total. The van der Waals surface area contributed by atoms with Crippen molar-refractivity contribution in [1.82, 2.24) is 9.80 Å². The van der Waals surface area contributed by atoms with Crippen molar-refractivity contribution in [2.45, 2.75) is 31.9 Å². The molecule has 0 spiro atoms. The summed E-state index contributed by atoms with van der Waals surface area (Å²) >= 11 is 0. The molecule has 0 aliphatic carbocycles. The third-order valence-corrected chi connectivity index (χ3v) is 2.98. The SMILES string of the molecule is C[C@H](O)CN1CC(=O)N2CCCC2C1=O. The molecule has 2 aliphatic rings. The van der Waals surface area contributed by atoms with E-state index in [1.807, 2.05) is 0 Å². The molecule has 0 aromatic rings. The lowest BCUT2D eigenvalue weighted by atomic mass is 10.1. The van der Waals surface area contributed by atoms with Crippen LogP contribution in [0.25, 0.3) is 0 Å². The minimum atomic E-state index is -0.574. The van der Waals surface area contributed by atoms with Crippen LogP contribution in [0.2, 0.25) is 0 Å². The number of piperazine rings is 1. The Morgan fingerprint density at radius 2 is 2.27 bits per heavy atom. The van der Waals surface area contributed by atoms with E-state index in [9.17, 15) is 14.7 Å². The third-order valence-electron chi connectivity index (χ3n) is 2.98. The number of rotatable bonds is 2. The number of fused-ring (bicyclic) bond motifs is 1. The summed E-state index contributed by atoms with van der Waals surface area (Å²) in [6.45, 7) is 2.71. The fourth-order valence-electron chi connectivity index (χ4n) is 2.34. The van der Waals surface area contributed by atoms with Gasteiger partial charge in [0.15, 0.2) is 0 Å². The molecule has 2 heterocycles. The second-order valence-electron chi connectivity index (χ2n) is 4.31. The zero-order valence-electron chi connectivity index (χ0n) is 8.85. The van der Waals surface area contributed by atoms with Gasteiger partial charge in [0.25, 0.3) is 0 Å². The van der Waals surface area contributed by atoms with Crippen molar-refractivity contribution in [1.29, 1.82) is 0 Å². The molecule has 2 rings (SSSR count). The van der Waals surface area contributed by atoms with Crippen molar-refractivity contribution in [3.63, 3.8) is 0 Å². The minimum absolute atomic E-state index is 0.00648. The molecule has 15 heavy (non-hydrogen) atoms. The van der Waals surface area contributed by atoms with Crippen LogP contribution in [0.4, 0.5) is 0 Å². The standard InChI is InChI=1S/C10H16N2O3/c1-7(13)5-11-6-9(14)12-4-2-3-8(12)10(11)15/h7-8,13H,2-6H2,1H3/t7-,8?/m0/s1. The first-order chi connectivity index (χ1) is 7.09. The Balaban J connectivity index is 2.10. The minimum Gasteiger partial charge on any atom is -0.392 e. The van der Waals surface area contributed by atoms with Crippen molar-refractivity contribution >= 4 is 11.8 Å². The van der Waals surface area contributed by atoms with E-state index in [1.54, 1.807) is 11.8 Å². The second kappa shape index (κ2) is 3.81. The summed E-state index contributed by atoms with van der Waals surface area (Å²) in [6, 6.07) is -0.259. The van der Waals surface area contributed by atoms with Crippen LogP contribution in [0.3, 0.4) is 0 Å². The van der Waals surface area contributed by atoms with Crippen LogP contribution in [0.15, 0.2) is 0 Å². The first-order valence-electron chi connectivity index (χ1n) is 5.36. The molecular weight excluding hydrogens is 196 g/mol. The van der Waals surface area contributed by atoms with Crippen LogP contribution in [0.5, 0.6) is 0 Å². The third kappa shape index (κ3) is 1.84. The van der Waals surface area contributed by atoms with Crippen LogP contribution in [0, 0.1) is 0 Å². The van der Waals surface area contributed by atoms with Crippen LogP contribution in [0.1, 0.15) is 19.8 Å². The van der Waals surface area contributed by atoms with E-state index < -0.39 is 6.10 Å². The van der Waals surface area contributed by atoms with Crippen molar-refractivity contribution in [2.24, 2.45) is 0 Å². The Labute approximate surface area is 88.6 Å². The number of hydrogen-bond acceptors (Lipinski definition) is 3. The number of carbonyl (C=O) groups excluding carboxylic acids is 2. The molecule has 2 fully saturated rings. The number of β-amino-alcohol motifs (C(OH)–C–C–N with tert-alkyl or cyclic N) is 1. The molecule has 0 radical (unpaired) electrons. The van der Waals surface area contributed by atoms with E-state index in [2.05, 4.69) is 0 Å². The molecule has 84 valence electrons. The van der Waals surface area contributed by atoms with Gasteiger partial charge in [-0.3, -0.25) is 9.59 Å². The molecule has 1 unspecified atom stereocenters. The highest BCUT2D eigenvalue weighted by Crippen LogP contribution is 2.23. The predicted octanol–water partition coefficient (Wildman–Crippen LogP) is -0.800. The fourth-order valence-corrected chi connectivity index (χ4v) is 2.34. The summed E-state index contributed by atoms with van der Waals surface area (Å²) in [5.41, 5.74) is 0. The van der Waals surface area contributed by atoms with Gasteiger partial charge in [-0.05, 0) is 19.8 Å². The molecule has 2 aliphatic heterocycles. The normalized spacial score (nSPS) is 28.3. The summed E-state index contributed by atoms with van der Waals surface area (Å²) in [5, 5.41) is 9.23. The lowest BCUT2D eigenvalue weighted by molar-refractivity contribution is -0.154. The van der Waals surface area contributed by atoms with Gasteiger partial charge in [0.1, 0.15) is 6.04 Å². The first kappa shape index (κ1) is 10.4. The van der Waals surface area contributed by atoms with E-state index in [4.69, 9.17) is 0 Å². The Kier molecular flexibility index (Phi) is 2.65. The number of hydrogen-bond donors (Lipinski definition) is 1. The highest BCUT2D eigenvalue weighted by atomic mass is 16.3. The quantitative estimate of drug-likeness (QED) is 0.652. The van der Waals surface area contributed by atoms with Crippen LogP contribution in [-0.2, 0) is 9.59 Å². The molecular formula is C10H16N2O3. The van der Waals surface area contributed by atoms with E-state index in [-0.39, 0.29) is 30.9 Å². The van der Waals surface area contributed by atoms with Gasteiger partial charge in [-0.15, -0.1) is 0 Å². The summed E-state index contributed by atoms with van der Waals surface area (Å²) in [4.78, 5) is 26.7. The maximum absolute atomic E-state index is 11.9. The van der Waals surface area contributed by atoms with Gasteiger partial charge >= 0.3 is 0 Å². The second-order valence-corrected chi connectivity index (χ2v) is 4.31. The largest absolute Gasteiger partial charge is 0.392 e. The number of nitrogens with zero attached hydrogens (tertiary/aromatic N) is 2. The highest BCUT2D eigenvalue weighted by Gasteiger charge is 2.41. The van der Waals surface area contributed by atoms with Gasteiger partial charge < -0.3 is 14.9 Å². The van der Waals surface area contributed by atoms with E-state index in [0.717, 1.165) is 12.8 Å². The van der Waals surface area contributed by atoms with Gasteiger partial charge in [0, 0.05) is 13.1 Å². The highest BCUT2D eigenvalue weighted by molar-refractivity contribution is 5.95. The summed E-state index contributed by atoms with van der Waals surface area (Å²) in [5.74, 6) is 0.00532. The maximum atomic E-state index is 11.9. The average molecular weight is 212 g/mol. The van der Waals surface area contributed by atoms with Gasteiger partial charge in [-0.2, -0.15) is 0 Å². The Morgan fingerprint density at radius 1 is 1.53 bits per heavy atom. The Hall–Kier alpha value is -1.10. The van der Waals surface area contributed by atoms with Crippen LogP contribution in [-0.4, -0.2) is 58.5 Å². The molecule has 0 saturated carbocycles. The molecule has 2 atom stereocenters. The van der Waals surface area contributed by atoms with Gasteiger partial charge in [0.2, 0.25) is 11.8 Å². The fraction of sp³-hybridized carbons (Fsp3) is 0.800. The van der Waals surface area contributed by atoms with E-state index in [0.29, 0.717) is 6.54 Å². The molecule has 0 aromatic carbocycles. The van der Waals surface area contributed by atoms with Gasteiger partial charge in [-0.1, -0.05) is 0 Å². The zero-order valence-corrected chi connectivity index (χ0v) is 8.85. The zero-order chi connectivity index (χ0) is 11.0. The van der Waals surface area contributed by atoms with E-state index in [1.165, 1.54) is 4.90 Å². The average Bonchev–Trinajstić information content (AvgIpc) is 2.61. The van der Waals surface area contributed by atoms with Crippen molar-refractivity contribution in [2.75, 3.05) is 19.6 Å². The molecule has 0 aromatic heterocycles. The van der Waals surface area contributed by atoms with Crippen molar-refractivity contribution in [3.8, 4) is 0 Å². The summed E-state index contributed by atoms with van der Waals surface area (Å²) < 4.78 is 0. The van der Waals surface area contributed by atoms with Crippen molar-refractivity contribution < 1.29 is 14.7 Å². The smallest absolute Gasteiger partial charge is 0.245 e. The monoisotopic (exact) mass is 212 g/mol. The molecule has 2 saturated heterocycles. The molecule has 0 bridgehead atoms. The topological polar surface area (TPSA) is 60.9 Å². The van der Waals surface area contributed by atoms with Gasteiger partial charge in [0.05, 0.1) is 12.6 Å². The number of carbonyl (C=O) groups is 2. The Bertz CT molecular complexity index is 290. The summed E-state index contributed by atoms with van der Waals surface area (Å²) in [6.07, 6.45) is 1.10. The first-order valence-corrected chi connectivity index (χ1v) is 5.36. The lowest BCUT2D eigenvalue weighted by Crippen LogP contribution is -2.58. The maximum Gasteiger partial charge on any atom is 0.245 e. The van der Waals surface area contributed by atoms with Crippen LogP contribution < -0.4 is 0 Å². The van der Waals surface area contributed by atoms with Crippen molar-refractivity contribution in [3.05, 3.63) is 0 Å². The van der Waals surface area contributed by atoms with Gasteiger partial charge in [-0.25, -0.2) is 0 Å².